The summed E-state index contributed by atoms with van der Waals surface area (Å²) in [5.74, 6) is 0. The molecule has 0 aliphatic rings. The molecule has 0 saturated carbocycles. The summed E-state index contributed by atoms with van der Waals surface area (Å²) in [4.78, 5) is 0. The van der Waals surface area contributed by atoms with E-state index in [0.29, 0.717) is 0 Å². The van der Waals surface area contributed by atoms with Crippen molar-refractivity contribution in [2.75, 3.05) is 11.1 Å². The van der Waals surface area contributed by atoms with Crippen LogP contribution in [-0.2, 0) is 6.54 Å². The number of nitrogens with one attached hydrogen (secondary N) is 1. The highest BCUT2D eigenvalue weighted by Crippen LogP contribution is 2.23. The van der Waals surface area contributed by atoms with Gasteiger partial charge in [0.25, 0.3) is 0 Å². The molecule has 0 spiro atoms. The third kappa shape index (κ3) is 3.23. The molecule has 0 aliphatic carbocycles. The van der Waals surface area contributed by atoms with Crippen LogP contribution in [0.3, 0.4) is 0 Å². The zero-order chi connectivity index (χ0) is 12.3. The van der Waals surface area contributed by atoms with Crippen molar-refractivity contribution in [3.05, 3.63) is 41.1 Å². The molecule has 0 amide bonds. The molecule has 4 nitrogen and oxygen atoms in total. The van der Waals surface area contributed by atoms with Gasteiger partial charge in [0, 0.05) is 22.9 Å². The van der Waals surface area contributed by atoms with E-state index >= 15 is 0 Å². The molecule has 2 aromatic rings. The van der Waals surface area contributed by atoms with Crippen molar-refractivity contribution in [2.45, 2.75) is 19.5 Å². The molecule has 0 aliphatic heterocycles. The molecule has 0 bridgehead atoms. The number of hydrogen-bond donors (Lipinski definition) is 2. The zero-order valence-electron chi connectivity index (χ0n) is 9.60. The summed E-state index contributed by atoms with van der Waals surface area (Å²) in [6.45, 7) is 2.91. The van der Waals surface area contributed by atoms with E-state index in [1.807, 2.05) is 35.1 Å². The lowest BCUT2D eigenvalue weighted by atomic mass is 10.2. The Labute approximate surface area is 109 Å². The largest absolute Gasteiger partial charge is 0.397 e. The lowest BCUT2D eigenvalue weighted by Gasteiger charge is -2.17. The summed E-state index contributed by atoms with van der Waals surface area (Å²) in [5, 5.41) is 7.54. The van der Waals surface area contributed by atoms with Crippen molar-refractivity contribution >= 4 is 27.3 Å². The van der Waals surface area contributed by atoms with Crippen LogP contribution < -0.4 is 11.1 Å². The van der Waals surface area contributed by atoms with Crippen LogP contribution in [0.25, 0.3) is 0 Å². The average molecular weight is 295 g/mol. The average Bonchev–Trinajstić information content (AvgIpc) is 2.75. The van der Waals surface area contributed by atoms with E-state index in [1.165, 1.54) is 0 Å². The Bertz CT molecular complexity index is 481. The molecule has 5 heteroatoms. The Balaban J connectivity index is 2.00. The first-order chi connectivity index (χ1) is 8.15. The van der Waals surface area contributed by atoms with Gasteiger partial charge in [0.1, 0.15) is 0 Å². The topological polar surface area (TPSA) is 55.9 Å². The van der Waals surface area contributed by atoms with Gasteiger partial charge in [-0.3, -0.25) is 4.68 Å². The van der Waals surface area contributed by atoms with Crippen LogP contribution in [0.4, 0.5) is 11.4 Å². The molecular weight excluding hydrogens is 280 g/mol. The SMILES string of the molecule is CC(Cn1cccn1)Nc1ccc(Br)cc1N. The smallest absolute Gasteiger partial charge is 0.0608 e. The number of aromatic nitrogens is 2. The van der Waals surface area contributed by atoms with Crippen LogP contribution in [0.15, 0.2) is 41.1 Å². The molecule has 3 N–H and O–H groups in total. The summed E-state index contributed by atoms with van der Waals surface area (Å²) >= 11 is 3.39. The van der Waals surface area contributed by atoms with Gasteiger partial charge in [-0.05, 0) is 31.2 Å². The van der Waals surface area contributed by atoms with Crippen molar-refractivity contribution in [3.63, 3.8) is 0 Å². The summed E-state index contributed by atoms with van der Waals surface area (Å²) in [6, 6.07) is 8.01. The molecule has 1 atom stereocenters. The number of rotatable bonds is 4. The molecular formula is C12H15BrN4. The fourth-order valence-corrected chi connectivity index (χ4v) is 2.04. The predicted octanol–water partition coefficient (Wildman–Crippen LogP) is 2.73. The zero-order valence-corrected chi connectivity index (χ0v) is 11.2. The van der Waals surface area contributed by atoms with E-state index in [2.05, 4.69) is 33.3 Å². The van der Waals surface area contributed by atoms with Crippen molar-refractivity contribution < 1.29 is 0 Å². The number of nitrogens with zero attached hydrogens (tertiary/aromatic N) is 2. The summed E-state index contributed by atoms with van der Waals surface area (Å²) in [7, 11) is 0. The maximum absolute atomic E-state index is 5.93. The predicted molar refractivity (Wildman–Crippen MR) is 73.9 cm³/mol. The molecule has 2 rings (SSSR count). The van der Waals surface area contributed by atoms with Crippen molar-refractivity contribution in [3.8, 4) is 0 Å². The number of benzene rings is 1. The number of halogens is 1. The van der Waals surface area contributed by atoms with Gasteiger partial charge < -0.3 is 11.1 Å². The first-order valence-corrected chi connectivity index (χ1v) is 6.23. The minimum Gasteiger partial charge on any atom is -0.397 e. The van der Waals surface area contributed by atoms with Gasteiger partial charge in [-0.1, -0.05) is 15.9 Å². The van der Waals surface area contributed by atoms with Crippen LogP contribution in [0, 0.1) is 0 Å². The Morgan fingerprint density at radius 1 is 1.53 bits per heavy atom. The van der Waals surface area contributed by atoms with Crippen LogP contribution in [-0.4, -0.2) is 15.8 Å². The molecule has 0 radical (unpaired) electrons. The Hall–Kier alpha value is -1.49. The molecule has 0 saturated heterocycles. The van der Waals surface area contributed by atoms with E-state index < -0.39 is 0 Å². The second-order valence-electron chi connectivity index (χ2n) is 4.01. The molecule has 90 valence electrons. The first-order valence-electron chi connectivity index (χ1n) is 5.44. The Morgan fingerprint density at radius 2 is 2.35 bits per heavy atom. The third-order valence-corrected chi connectivity index (χ3v) is 2.93. The van der Waals surface area contributed by atoms with Gasteiger partial charge in [-0.2, -0.15) is 5.10 Å². The monoisotopic (exact) mass is 294 g/mol. The van der Waals surface area contributed by atoms with Crippen molar-refractivity contribution in [1.82, 2.24) is 9.78 Å². The summed E-state index contributed by atoms with van der Waals surface area (Å²) in [5.41, 5.74) is 7.62. The number of nitrogens with two attached hydrogens (primary N) is 1. The van der Waals surface area contributed by atoms with Crippen LogP contribution in [0.2, 0.25) is 0 Å². The number of hydrogen-bond acceptors (Lipinski definition) is 3. The fourth-order valence-electron chi connectivity index (χ4n) is 1.67. The molecule has 17 heavy (non-hydrogen) atoms. The number of nitrogen functional groups attached to an aromatic ring is 1. The van der Waals surface area contributed by atoms with E-state index in [-0.39, 0.29) is 6.04 Å². The summed E-state index contributed by atoms with van der Waals surface area (Å²) in [6.07, 6.45) is 3.73. The first kappa shape index (κ1) is 12.0. The van der Waals surface area contributed by atoms with Crippen LogP contribution in [0.1, 0.15) is 6.92 Å². The quantitative estimate of drug-likeness (QED) is 0.853. The normalized spacial score (nSPS) is 12.4. The Morgan fingerprint density at radius 3 is 3.00 bits per heavy atom. The van der Waals surface area contributed by atoms with Crippen LogP contribution >= 0.6 is 15.9 Å². The molecule has 1 aromatic heterocycles. The second-order valence-corrected chi connectivity index (χ2v) is 4.92. The van der Waals surface area contributed by atoms with Crippen molar-refractivity contribution in [1.29, 1.82) is 0 Å². The minimum absolute atomic E-state index is 0.262. The highest BCUT2D eigenvalue weighted by molar-refractivity contribution is 9.10. The number of anilines is 2. The lowest BCUT2D eigenvalue weighted by molar-refractivity contribution is 0.561. The van der Waals surface area contributed by atoms with E-state index in [4.69, 9.17) is 5.73 Å². The standard InChI is InChI=1S/C12H15BrN4/c1-9(8-17-6-2-5-15-17)16-12-4-3-10(13)7-11(12)14/h2-7,9,16H,8,14H2,1H3. The molecule has 0 fully saturated rings. The van der Waals surface area contributed by atoms with Gasteiger partial charge >= 0.3 is 0 Å². The van der Waals surface area contributed by atoms with Gasteiger partial charge in [-0.15, -0.1) is 0 Å². The van der Waals surface area contributed by atoms with E-state index in [1.54, 1.807) is 6.20 Å². The fraction of sp³-hybridized carbons (Fsp3) is 0.250. The second kappa shape index (κ2) is 5.23. The molecule has 1 heterocycles. The molecule has 1 aromatic carbocycles. The maximum atomic E-state index is 5.93. The van der Waals surface area contributed by atoms with E-state index in [9.17, 15) is 0 Å². The van der Waals surface area contributed by atoms with Gasteiger partial charge in [0.05, 0.1) is 17.9 Å². The summed E-state index contributed by atoms with van der Waals surface area (Å²) < 4.78 is 2.88. The van der Waals surface area contributed by atoms with Gasteiger partial charge in [0.15, 0.2) is 0 Å². The molecule has 1 unspecified atom stereocenters. The van der Waals surface area contributed by atoms with Gasteiger partial charge in [-0.25, -0.2) is 0 Å². The van der Waals surface area contributed by atoms with E-state index in [0.717, 1.165) is 22.4 Å². The lowest BCUT2D eigenvalue weighted by Crippen LogP contribution is -2.22. The van der Waals surface area contributed by atoms with Gasteiger partial charge in [0.2, 0.25) is 0 Å². The Kier molecular flexibility index (Phi) is 3.68. The highest BCUT2D eigenvalue weighted by Gasteiger charge is 2.05. The third-order valence-electron chi connectivity index (χ3n) is 2.44. The minimum atomic E-state index is 0.262. The van der Waals surface area contributed by atoms with Crippen LogP contribution in [0.5, 0.6) is 0 Å². The maximum Gasteiger partial charge on any atom is 0.0608 e. The van der Waals surface area contributed by atoms with Crippen molar-refractivity contribution in [2.24, 2.45) is 0 Å². The highest BCUT2D eigenvalue weighted by atomic mass is 79.9.